The fourth-order valence-corrected chi connectivity index (χ4v) is 3.71. The second kappa shape index (κ2) is 6.19. The molecule has 1 N–H and O–H groups in total. The summed E-state index contributed by atoms with van der Waals surface area (Å²) in [6, 6.07) is 0.592. The second-order valence-electron chi connectivity index (χ2n) is 5.97. The van der Waals surface area contributed by atoms with Gasteiger partial charge in [-0.05, 0) is 38.1 Å². The van der Waals surface area contributed by atoms with Crippen LogP contribution >= 0.6 is 0 Å². The number of likely N-dealkylation sites (N-methyl/N-ethyl adjacent to an activating group) is 1. The van der Waals surface area contributed by atoms with Crippen molar-refractivity contribution in [1.29, 1.82) is 0 Å². The van der Waals surface area contributed by atoms with Crippen molar-refractivity contribution in [2.45, 2.75) is 76.4 Å². The fourth-order valence-electron chi connectivity index (χ4n) is 3.71. The largest absolute Gasteiger partial charge is 0.377 e. The van der Waals surface area contributed by atoms with Gasteiger partial charge in [0.2, 0.25) is 0 Å². The van der Waals surface area contributed by atoms with Crippen LogP contribution in [0.2, 0.25) is 0 Å². The molecule has 0 heterocycles. The van der Waals surface area contributed by atoms with Crippen LogP contribution in [0.4, 0.5) is 0 Å². The zero-order chi connectivity index (χ0) is 12.1. The van der Waals surface area contributed by atoms with Crippen molar-refractivity contribution >= 4 is 0 Å². The van der Waals surface area contributed by atoms with Gasteiger partial charge >= 0.3 is 0 Å². The molecule has 1 atom stereocenters. The maximum Gasteiger partial charge on any atom is 0.0831 e. The molecule has 2 saturated carbocycles. The molecular weight excluding hydrogens is 210 g/mol. The normalized spacial score (nSPS) is 26.5. The maximum absolute atomic E-state index is 5.87. The van der Waals surface area contributed by atoms with Crippen molar-refractivity contribution in [3.63, 3.8) is 0 Å². The Morgan fingerprint density at radius 1 is 1.18 bits per heavy atom. The van der Waals surface area contributed by atoms with Gasteiger partial charge in [0.1, 0.15) is 0 Å². The Balaban J connectivity index is 1.91. The van der Waals surface area contributed by atoms with Crippen LogP contribution < -0.4 is 5.32 Å². The molecule has 0 radical (unpaired) electrons. The highest BCUT2D eigenvalue weighted by Gasteiger charge is 2.44. The van der Waals surface area contributed by atoms with Crippen LogP contribution in [0.3, 0.4) is 0 Å². The van der Waals surface area contributed by atoms with Crippen LogP contribution in [0.25, 0.3) is 0 Å². The molecule has 2 rings (SSSR count). The molecule has 0 saturated heterocycles. The third-order valence-corrected chi connectivity index (χ3v) is 4.99. The topological polar surface area (TPSA) is 21.3 Å². The highest BCUT2D eigenvalue weighted by atomic mass is 16.5. The van der Waals surface area contributed by atoms with E-state index in [0.717, 1.165) is 12.5 Å². The molecule has 0 aliphatic heterocycles. The highest BCUT2D eigenvalue weighted by Crippen LogP contribution is 2.41. The first-order valence-electron chi connectivity index (χ1n) is 7.59. The summed E-state index contributed by atoms with van der Waals surface area (Å²) in [5.74, 6) is 0.945. The highest BCUT2D eigenvalue weighted by molar-refractivity contribution is 5.00. The van der Waals surface area contributed by atoms with Crippen molar-refractivity contribution in [3.05, 3.63) is 0 Å². The first kappa shape index (κ1) is 13.4. The number of methoxy groups -OCH3 is 1. The molecule has 2 nitrogen and oxygen atoms in total. The lowest BCUT2D eigenvalue weighted by atomic mass is 9.70. The quantitative estimate of drug-likeness (QED) is 0.766. The van der Waals surface area contributed by atoms with Gasteiger partial charge in [0.25, 0.3) is 0 Å². The minimum atomic E-state index is 0.174. The summed E-state index contributed by atoms with van der Waals surface area (Å²) in [4.78, 5) is 0. The van der Waals surface area contributed by atoms with Crippen molar-refractivity contribution in [3.8, 4) is 0 Å². The van der Waals surface area contributed by atoms with E-state index in [1.165, 1.54) is 57.8 Å². The molecule has 17 heavy (non-hydrogen) atoms. The SMILES string of the molecule is CCNC(CC1CCCCC1)C1(OC)CCC1. The van der Waals surface area contributed by atoms with E-state index in [0.29, 0.717) is 6.04 Å². The van der Waals surface area contributed by atoms with E-state index in [1.54, 1.807) is 0 Å². The summed E-state index contributed by atoms with van der Waals surface area (Å²) in [5.41, 5.74) is 0.174. The Morgan fingerprint density at radius 3 is 2.35 bits per heavy atom. The number of hydrogen-bond acceptors (Lipinski definition) is 2. The van der Waals surface area contributed by atoms with E-state index in [1.807, 2.05) is 7.11 Å². The monoisotopic (exact) mass is 239 g/mol. The molecular formula is C15H29NO. The second-order valence-corrected chi connectivity index (χ2v) is 5.97. The Labute approximate surface area is 107 Å². The molecule has 0 aromatic rings. The third-order valence-electron chi connectivity index (χ3n) is 4.99. The summed E-state index contributed by atoms with van der Waals surface area (Å²) >= 11 is 0. The van der Waals surface area contributed by atoms with E-state index in [4.69, 9.17) is 4.74 Å². The van der Waals surface area contributed by atoms with Crippen molar-refractivity contribution in [1.82, 2.24) is 5.32 Å². The first-order chi connectivity index (χ1) is 8.30. The zero-order valence-electron chi connectivity index (χ0n) is 11.6. The van der Waals surface area contributed by atoms with Gasteiger partial charge in [0.05, 0.1) is 5.60 Å². The minimum absolute atomic E-state index is 0.174. The predicted molar refractivity (Wildman–Crippen MR) is 72.2 cm³/mol. The molecule has 0 spiro atoms. The predicted octanol–water partition coefficient (Wildman–Crippen LogP) is 3.50. The molecule has 0 bridgehead atoms. The average molecular weight is 239 g/mol. The van der Waals surface area contributed by atoms with Gasteiger partial charge in [-0.3, -0.25) is 0 Å². The Hall–Kier alpha value is -0.0800. The number of nitrogens with one attached hydrogen (secondary N) is 1. The van der Waals surface area contributed by atoms with Gasteiger partial charge in [-0.25, -0.2) is 0 Å². The number of rotatable bonds is 6. The fraction of sp³-hybridized carbons (Fsp3) is 1.00. The summed E-state index contributed by atoms with van der Waals surface area (Å²) in [7, 11) is 1.91. The van der Waals surface area contributed by atoms with E-state index >= 15 is 0 Å². The molecule has 2 aliphatic carbocycles. The van der Waals surface area contributed by atoms with Gasteiger partial charge in [-0.2, -0.15) is 0 Å². The van der Waals surface area contributed by atoms with Crippen LogP contribution in [-0.2, 0) is 4.74 Å². The lowest BCUT2D eigenvalue weighted by Gasteiger charge is -2.48. The molecule has 0 aromatic heterocycles. The molecule has 2 fully saturated rings. The van der Waals surface area contributed by atoms with Gasteiger partial charge in [-0.15, -0.1) is 0 Å². The minimum Gasteiger partial charge on any atom is -0.377 e. The van der Waals surface area contributed by atoms with Gasteiger partial charge in [0, 0.05) is 13.2 Å². The van der Waals surface area contributed by atoms with E-state index < -0.39 is 0 Å². The molecule has 0 aromatic carbocycles. The first-order valence-corrected chi connectivity index (χ1v) is 7.59. The smallest absolute Gasteiger partial charge is 0.0831 e. The van der Waals surface area contributed by atoms with Crippen molar-refractivity contribution in [2.24, 2.45) is 5.92 Å². The van der Waals surface area contributed by atoms with E-state index in [9.17, 15) is 0 Å². The van der Waals surface area contributed by atoms with Gasteiger partial charge in [0.15, 0.2) is 0 Å². The molecule has 0 amide bonds. The standard InChI is InChI=1S/C15H29NO/c1-3-16-14(15(17-2)10-7-11-15)12-13-8-5-4-6-9-13/h13-14,16H,3-12H2,1-2H3. The Bertz CT molecular complexity index is 213. The van der Waals surface area contributed by atoms with Crippen LogP contribution in [0, 0.1) is 5.92 Å². The zero-order valence-corrected chi connectivity index (χ0v) is 11.6. The Kier molecular flexibility index (Phi) is 4.87. The molecule has 2 aliphatic rings. The van der Waals surface area contributed by atoms with Crippen molar-refractivity contribution < 1.29 is 4.74 Å². The van der Waals surface area contributed by atoms with Crippen LogP contribution in [0.15, 0.2) is 0 Å². The van der Waals surface area contributed by atoms with Crippen LogP contribution in [0.1, 0.15) is 64.7 Å². The molecule has 100 valence electrons. The Morgan fingerprint density at radius 2 is 1.88 bits per heavy atom. The van der Waals surface area contributed by atoms with Crippen LogP contribution in [-0.4, -0.2) is 25.3 Å². The van der Waals surface area contributed by atoms with Gasteiger partial charge in [-0.1, -0.05) is 39.0 Å². The van der Waals surface area contributed by atoms with Gasteiger partial charge < -0.3 is 10.1 Å². The van der Waals surface area contributed by atoms with Crippen LogP contribution in [0.5, 0.6) is 0 Å². The maximum atomic E-state index is 5.87. The lowest BCUT2D eigenvalue weighted by Crippen LogP contribution is -2.57. The average Bonchev–Trinajstić information content (AvgIpc) is 2.30. The van der Waals surface area contributed by atoms with E-state index in [2.05, 4.69) is 12.2 Å². The summed E-state index contributed by atoms with van der Waals surface area (Å²) in [5, 5.41) is 3.70. The van der Waals surface area contributed by atoms with Crippen molar-refractivity contribution in [2.75, 3.05) is 13.7 Å². The molecule has 2 heteroatoms. The number of hydrogen-bond donors (Lipinski definition) is 1. The molecule has 1 unspecified atom stereocenters. The number of ether oxygens (including phenoxy) is 1. The third kappa shape index (κ3) is 3.03. The summed E-state index contributed by atoms with van der Waals surface area (Å²) < 4.78 is 5.87. The summed E-state index contributed by atoms with van der Waals surface area (Å²) in [6.07, 6.45) is 12.4. The summed E-state index contributed by atoms with van der Waals surface area (Å²) in [6.45, 7) is 3.29. The lowest BCUT2D eigenvalue weighted by molar-refractivity contribution is -0.103. The van der Waals surface area contributed by atoms with E-state index in [-0.39, 0.29) is 5.60 Å².